The average Bonchev–Trinajstić information content (AvgIpc) is 2.83. The third-order valence-corrected chi connectivity index (χ3v) is 4.98. The lowest BCUT2D eigenvalue weighted by atomic mass is 10.1. The molecule has 2 N–H and O–H groups in total. The smallest absolute Gasteiger partial charge is 0.417 e. The summed E-state index contributed by atoms with van der Waals surface area (Å²) in [4.78, 5) is 33.3. The average molecular weight is 542 g/mol. The van der Waals surface area contributed by atoms with Crippen LogP contribution in [0.4, 0.5) is 32.0 Å². The molecule has 1 aromatic heterocycles. The largest absolute Gasteiger partial charge is 0.481 e. The molecule has 0 bridgehead atoms. The van der Waals surface area contributed by atoms with Crippen molar-refractivity contribution in [3.63, 3.8) is 0 Å². The summed E-state index contributed by atoms with van der Waals surface area (Å²) in [6.45, 7) is 0.129. The Labute approximate surface area is 213 Å². The number of benzene rings is 2. The molecule has 0 spiro atoms. The number of alkyl halides is 6. The van der Waals surface area contributed by atoms with Crippen LogP contribution in [0.5, 0.6) is 0 Å². The van der Waals surface area contributed by atoms with Gasteiger partial charge < -0.3 is 15.0 Å². The van der Waals surface area contributed by atoms with Crippen molar-refractivity contribution in [2.75, 3.05) is 5.32 Å². The number of amides is 1. The van der Waals surface area contributed by atoms with Crippen LogP contribution >= 0.6 is 0 Å². The second-order valence-electron chi connectivity index (χ2n) is 8.12. The van der Waals surface area contributed by atoms with Gasteiger partial charge in [-0.15, -0.1) is 0 Å². The summed E-state index contributed by atoms with van der Waals surface area (Å²) in [5.74, 6) is -1.66. The van der Waals surface area contributed by atoms with Crippen LogP contribution in [-0.2, 0) is 28.7 Å². The quantitative estimate of drug-likeness (QED) is 0.347. The highest BCUT2D eigenvalue weighted by atomic mass is 19.4. The molecule has 3 aromatic rings. The molecule has 0 atom stereocenters. The Kier molecular flexibility index (Phi) is 10.7. The summed E-state index contributed by atoms with van der Waals surface area (Å²) in [5.41, 5.74) is 0.560. The Morgan fingerprint density at radius 3 is 2.11 bits per heavy atom. The van der Waals surface area contributed by atoms with Gasteiger partial charge in [-0.1, -0.05) is 42.5 Å². The van der Waals surface area contributed by atoms with Gasteiger partial charge in [0.1, 0.15) is 0 Å². The molecule has 1 heterocycles. The van der Waals surface area contributed by atoms with E-state index in [9.17, 15) is 40.7 Å². The van der Waals surface area contributed by atoms with E-state index in [0.29, 0.717) is 17.7 Å². The fraction of sp³-hybridized carbons (Fsp3) is 0.269. The van der Waals surface area contributed by atoms with E-state index in [4.69, 9.17) is 5.11 Å². The predicted octanol–water partition coefficient (Wildman–Crippen LogP) is 5.90. The number of aromatic nitrogens is 1. The zero-order valence-corrected chi connectivity index (χ0v) is 19.9. The summed E-state index contributed by atoms with van der Waals surface area (Å²) >= 11 is 0. The molecule has 0 saturated carbocycles. The van der Waals surface area contributed by atoms with Crippen molar-refractivity contribution < 1.29 is 41.0 Å². The Bertz CT molecular complexity index is 1270. The molecule has 0 radical (unpaired) electrons. The minimum absolute atomic E-state index is 0.0501. The maximum atomic E-state index is 12.5. The number of carboxylic acids is 1. The number of pyridine rings is 1. The second-order valence-corrected chi connectivity index (χ2v) is 8.12. The van der Waals surface area contributed by atoms with Crippen molar-refractivity contribution in [1.82, 2.24) is 4.57 Å². The van der Waals surface area contributed by atoms with Crippen molar-refractivity contribution in [2.45, 2.75) is 44.6 Å². The number of hydrogen-bond acceptors (Lipinski definition) is 3. The molecule has 38 heavy (non-hydrogen) atoms. The van der Waals surface area contributed by atoms with Crippen LogP contribution in [0.25, 0.3) is 0 Å². The Morgan fingerprint density at radius 2 is 1.50 bits per heavy atom. The Balaban J connectivity index is 0.000000268. The number of nitrogens with zero attached hydrogens (tertiary/aromatic N) is 1. The van der Waals surface area contributed by atoms with E-state index in [2.05, 4.69) is 5.32 Å². The van der Waals surface area contributed by atoms with E-state index in [1.54, 1.807) is 48.5 Å². The SMILES string of the molecule is O=C(O)CCc1cccc(NC(=O)CCC(F)(F)F)c1.O=c1ccc(C(F)(F)F)cn1Cc1ccccc1. The lowest BCUT2D eigenvalue weighted by Crippen LogP contribution is -2.21. The normalized spacial score (nSPS) is 11.3. The number of anilines is 1. The molecule has 0 fully saturated rings. The number of aliphatic carboxylic acids is 1. The number of carboxylic acid groups (broad SMARTS) is 1. The van der Waals surface area contributed by atoms with Crippen molar-refractivity contribution in [3.8, 4) is 0 Å². The highest BCUT2D eigenvalue weighted by Gasteiger charge is 2.31. The molecule has 1 amide bonds. The fourth-order valence-electron chi connectivity index (χ4n) is 3.14. The highest BCUT2D eigenvalue weighted by molar-refractivity contribution is 5.90. The standard InChI is InChI=1S/C13H14F3NO3.C13H10F3NO/c14-13(15,16)7-6-11(18)17-10-3-1-2-9(8-10)4-5-12(19)20;14-13(15,16)11-6-7-12(18)17(9-11)8-10-4-2-1-3-5-10/h1-3,8H,4-7H2,(H,17,18)(H,19,20);1-7,9H,8H2. The van der Waals surface area contributed by atoms with Gasteiger partial charge in [-0.3, -0.25) is 14.4 Å². The first kappa shape index (κ1) is 30.1. The van der Waals surface area contributed by atoms with E-state index in [1.807, 2.05) is 0 Å². The van der Waals surface area contributed by atoms with Gasteiger partial charge in [0.05, 0.1) is 18.5 Å². The number of rotatable bonds is 8. The molecule has 0 aliphatic heterocycles. The number of hydrogen-bond donors (Lipinski definition) is 2. The fourth-order valence-corrected chi connectivity index (χ4v) is 3.14. The van der Waals surface area contributed by atoms with Gasteiger partial charge in [0.25, 0.3) is 5.56 Å². The molecular formula is C26H24F6N2O4. The van der Waals surface area contributed by atoms with E-state index in [0.717, 1.165) is 28.5 Å². The van der Waals surface area contributed by atoms with Gasteiger partial charge in [-0.25, -0.2) is 0 Å². The maximum absolute atomic E-state index is 12.5. The van der Waals surface area contributed by atoms with Gasteiger partial charge in [-0.05, 0) is 35.7 Å². The van der Waals surface area contributed by atoms with Crippen LogP contribution in [-0.4, -0.2) is 27.7 Å². The topological polar surface area (TPSA) is 88.4 Å². The van der Waals surface area contributed by atoms with Crippen LogP contribution in [0.1, 0.15) is 36.0 Å². The first-order chi connectivity index (χ1) is 17.7. The van der Waals surface area contributed by atoms with Crippen LogP contribution in [0.15, 0.2) is 77.7 Å². The first-order valence-electron chi connectivity index (χ1n) is 11.2. The first-order valence-corrected chi connectivity index (χ1v) is 11.2. The van der Waals surface area contributed by atoms with Crippen molar-refractivity contribution in [1.29, 1.82) is 0 Å². The van der Waals surface area contributed by atoms with Crippen LogP contribution < -0.4 is 10.9 Å². The Hall–Kier alpha value is -4.09. The van der Waals surface area contributed by atoms with Crippen molar-refractivity contribution in [3.05, 3.63) is 100.0 Å². The zero-order valence-electron chi connectivity index (χ0n) is 19.9. The minimum Gasteiger partial charge on any atom is -0.481 e. The van der Waals surface area contributed by atoms with E-state index >= 15 is 0 Å². The molecule has 0 aliphatic rings. The number of carbonyl (C=O) groups excluding carboxylic acids is 1. The van der Waals surface area contributed by atoms with Crippen LogP contribution in [0, 0.1) is 0 Å². The van der Waals surface area contributed by atoms with Crippen molar-refractivity contribution >= 4 is 17.6 Å². The van der Waals surface area contributed by atoms with Gasteiger partial charge in [0.2, 0.25) is 5.91 Å². The van der Waals surface area contributed by atoms with Crippen LogP contribution in [0.3, 0.4) is 0 Å². The monoisotopic (exact) mass is 542 g/mol. The molecule has 0 saturated heterocycles. The lowest BCUT2D eigenvalue weighted by molar-refractivity contribution is -0.142. The zero-order chi connectivity index (χ0) is 28.3. The van der Waals surface area contributed by atoms with E-state index in [-0.39, 0.29) is 13.0 Å². The van der Waals surface area contributed by atoms with Crippen molar-refractivity contribution in [2.24, 2.45) is 0 Å². The summed E-state index contributed by atoms with van der Waals surface area (Å²) < 4.78 is 74.5. The molecule has 2 aromatic carbocycles. The second kappa shape index (κ2) is 13.5. The van der Waals surface area contributed by atoms with Gasteiger partial charge in [0.15, 0.2) is 0 Å². The number of carbonyl (C=O) groups is 2. The minimum atomic E-state index is -4.44. The lowest BCUT2D eigenvalue weighted by Gasteiger charge is -2.10. The number of nitrogens with one attached hydrogen (secondary N) is 1. The highest BCUT2D eigenvalue weighted by Crippen LogP contribution is 2.28. The third kappa shape index (κ3) is 11.3. The maximum Gasteiger partial charge on any atom is 0.417 e. The number of halogens is 6. The summed E-state index contributed by atoms with van der Waals surface area (Å²) in [7, 11) is 0. The van der Waals surface area contributed by atoms with E-state index < -0.39 is 48.2 Å². The van der Waals surface area contributed by atoms with Gasteiger partial charge in [0, 0.05) is 30.8 Å². The summed E-state index contributed by atoms with van der Waals surface area (Å²) in [6, 6.07) is 17.0. The molecule has 0 unspecified atom stereocenters. The van der Waals surface area contributed by atoms with E-state index in [1.165, 1.54) is 6.07 Å². The molecule has 204 valence electrons. The number of aryl methyl sites for hydroxylation is 1. The molecule has 0 aliphatic carbocycles. The summed E-state index contributed by atoms with van der Waals surface area (Å²) in [5, 5.41) is 10.9. The molecule has 6 nitrogen and oxygen atoms in total. The molecule has 3 rings (SSSR count). The van der Waals surface area contributed by atoms with Gasteiger partial charge in [-0.2, -0.15) is 26.3 Å². The molecule has 12 heteroatoms. The Morgan fingerprint density at radius 1 is 0.842 bits per heavy atom. The third-order valence-electron chi connectivity index (χ3n) is 4.98. The molecular weight excluding hydrogens is 518 g/mol. The van der Waals surface area contributed by atoms with Gasteiger partial charge >= 0.3 is 18.3 Å². The predicted molar refractivity (Wildman–Crippen MR) is 128 cm³/mol. The summed E-state index contributed by atoms with van der Waals surface area (Å²) in [6.07, 6.45) is -9.52. The van der Waals surface area contributed by atoms with Crippen LogP contribution in [0.2, 0.25) is 0 Å².